The second kappa shape index (κ2) is 6.36. The molecule has 0 fully saturated rings. The highest BCUT2D eigenvalue weighted by atomic mass is 32.1. The maximum Gasteiger partial charge on any atom is 0.264 e. The molecule has 0 saturated carbocycles. The van der Waals surface area contributed by atoms with Crippen LogP contribution >= 0.6 is 11.3 Å². The molecular formula is C16H16N2OS. The van der Waals surface area contributed by atoms with Gasteiger partial charge in [-0.1, -0.05) is 37.1 Å². The van der Waals surface area contributed by atoms with Crippen LogP contribution in [0, 0.1) is 19.3 Å². The predicted molar refractivity (Wildman–Crippen MR) is 82.8 cm³/mol. The molecule has 0 radical (unpaired) electrons. The summed E-state index contributed by atoms with van der Waals surface area (Å²) in [5.41, 5.74) is 3.06. The SMILES string of the molecule is C#CCNC(=O)c1sc(-c2ccc(CC)cc2)nc1C. The molecule has 3 nitrogen and oxygen atoms in total. The summed E-state index contributed by atoms with van der Waals surface area (Å²) in [6.07, 6.45) is 6.15. The zero-order valence-electron chi connectivity index (χ0n) is 11.6. The van der Waals surface area contributed by atoms with Crippen molar-refractivity contribution in [2.45, 2.75) is 20.3 Å². The number of terminal acetylenes is 1. The molecule has 0 aliphatic rings. The maximum absolute atomic E-state index is 11.9. The molecular weight excluding hydrogens is 268 g/mol. The quantitative estimate of drug-likeness (QED) is 0.877. The molecule has 1 aromatic heterocycles. The number of aromatic nitrogens is 1. The highest BCUT2D eigenvalue weighted by Crippen LogP contribution is 2.28. The van der Waals surface area contributed by atoms with Crippen molar-refractivity contribution in [1.29, 1.82) is 0 Å². The van der Waals surface area contributed by atoms with Crippen LogP contribution in [0.1, 0.15) is 27.9 Å². The van der Waals surface area contributed by atoms with E-state index in [1.165, 1.54) is 16.9 Å². The standard InChI is InChI=1S/C16H16N2OS/c1-4-10-17-15(19)14-11(3)18-16(20-14)13-8-6-12(5-2)7-9-13/h1,6-9H,5,10H2,2-3H3,(H,17,19). The van der Waals surface area contributed by atoms with Gasteiger partial charge in [0.05, 0.1) is 12.2 Å². The minimum Gasteiger partial charge on any atom is -0.340 e. The Balaban J connectivity index is 2.26. The van der Waals surface area contributed by atoms with E-state index in [1.807, 2.05) is 19.1 Å². The van der Waals surface area contributed by atoms with E-state index in [0.717, 1.165) is 22.7 Å². The van der Waals surface area contributed by atoms with Gasteiger partial charge in [-0.05, 0) is 18.9 Å². The molecule has 0 aliphatic heterocycles. The normalized spacial score (nSPS) is 10.1. The third kappa shape index (κ3) is 3.06. The number of nitrogens with one attached hydrogen (secondary N) is 1. The molecule has 2 aromatic rings. The number of hydrogen-bond acceptors (Lipinski definition) is 3. The number of carbonyl (C=O) groups excluding carboxylic acids is 1. The average Bonchev–Trinajstić information content (AvgIpc) is 2.87. The number of rotatable bonds is 4. The lowest BCUT2D eigenvalue weighted by Crippen LogP contribution is -2.23. The van der Waals surface area contributed by atoms with Crippen molar-refractivity contribution < 1.29 is 4.79 Å². The predicted octanol–water partition coefficient (Wildman–Crippen LogP) is 3.04. The Kier molecular flexibility index (Phi) is 4.54. The Hall–Kier alpha value is -2.12. The summed E-state index contributed by atoms with van der Waals surface area (Å²) in [4.78, 5) is 17.0. The monoisotopic (exact) mass is 284 g/mol. The first-order chi connectivity index (χ1) is 9.65. The Morgan fingerprint density at radius 2 is 2.10 bits per heavy atom. The van der Waals surface area contributed by atoms with E-state index in [1.54, 1.807) is 0 Å². The van der Waals surface area contributed by atoms with Crippen molar-refractivity contribution in [3.63, 3.8) is 0 Å². The summed E-state index contributed by atoms with van der Waals surface area (Å²) < 4.78 is 0. The average molecular weight is 284 g/mol. The molecule has 1 amide bonds. The lowest BCUT2D eigenvalue weighted by Gasteiger charge is -1.99. The fraction of sp³-hybridized carbons (Fsp3) is 0.250. The van der Waals surface area contributed by atoms with Gasteiger partial charge >= 0.3 is 0 Å². The molecule has 0 aliphatic carbocycles. The molecule has 2 rings (SSSR count). The number of benzene rings is 1. The van der Waals surface area contributed by atoms with Crippen LogP contribution in [0.4, 0.5) is 0 Å². The number of aryl methyl sites for hydroxylation is 2. The number of nitrogens with zero attached hydrogens (tertiary/aromatic N) is 1. The van der Waals surface area contributed by atoms with E-state index >= 15 is 0 Å². The van der Waals surface area contributed by atoms with Crippen LogP contribution in [0.15, 0.2) is 24.3 Å². The topological polar surface area (TPSA) is 42.0 Å². The third-order valence-corrected chi connectivity index (χ3v) is 4.17. The fourth-order valence-corrected chi connectivity index (χ4v) is 2.81. The van der Waals surface area contributed by atoms with Gasteiger partial charge in [0.1, 0.15) is 9.88 Å². The van der Waals surface area contributed by atoms with Gasteiger partial charge in [0.15, 0.2) is 0 Å². The summed E-state index contributed by atoms with van der Waals surface area (Å²) in [7, 11) is 0. The van der Waals surface area contributed by atoms with Gasteiger partial charge < -0.3 is 5.32 Å². The van der Waals surface area contributed by atoms with Gasteiger partial charge in [-0.3, -0.25) is 4.79 Å². The lowest BCUT2D eigenvalue weighted by atomic mass is 10.1. The van der Waals surface area contributed by atoms with E-state index in [2.05, 4.69) is 35.3 Å². The van der Waals surface area contributed by atoms with E-state index in [-0.39, 0.29) is 12.5 Å². The second-order valence-electron chi connectivity index (χ2n) is 4.37. The second-order valence-corrected chi connectivity index (χ2v) is 5.37. The number of thiazole rings is 1. The molecule has 0 unspecified atom stereocenters. The molecule has 1 aromatic carbocycles. The Morgan fingerprint density at radius 3 is 2.70 bits per heavy atom. The molecule has 0 atom stereocenters. The van der Waals surface area contributed by atoms with Gasteiger partial charge in [0.25, 0.3) is 5.91 Å². The summed E-state index contributed by atoms with van der Waals surface area (Å²) in [6.45, 7) is 4.19. The zero-order valence-corrected chi connectivity index (χ0v) is 12.4. The van der Waals surface area contributed by atoms with E-state index in [4.69, 9.17) is 6.42 Å². The number of amides is 1. The van der Waals surface area contributed by atoms with Crippen LogP contribution in [0.2, 0.25) is 0 Å². The van der Waals surface area contributed by atoms with Crippen molar-refractivity contribution >= 4 is 17.2 Å². The van der Waals surface area contributed by atoms with Crippen LogP contribution < -0.4 is 5.32 Å². The summed E-state index contributed by atoms with van der Waals surface area (Å²) in [5, 5.41) is 3.53. The van der Waals surface area contributed by atoms with E-state index < -0.39 is 0 Å². The molecule has 1 N–H and O–H groups in total. The van der Waals surface area contributed by atoms with Crippen LogP contribution in [0.25, 0.3) is 10.6 Å². The number of carbonyl (C=O) groups is 1. The Labute approximate surface area is 123 Å². The highest BCUT2D eigenvalue weighted by Gasteiger charge is 2.15. The summed E-state index contributed by atoms with van der Waals surface area (Å²) in [6, 6.07) is 8.26. The van der Waals surface area contributed by atoms with Crippen molar-refractivity contribution in [2.75, 3.05) is 6.54 Å². The maximum atomic E-state index is 11.9. The molecule has 0 spiro atoms. The smallest absolute Gasteiger partial charge is 0.264 e. The first-order valence-electron chi connectivity index (χ1n) is 6.44. The lowest BCUT2D eigenvalue weighted by molar-refractivity contribution is 0.0962. The third-order valence-electron chi connectivity index (χ3n) is 2.96. The van der Waals surface area contributed by atoms with Crippen LogP contribution in [0.3, 0.4) is 0 Å². The van der Waals surface area contributed by atoms with Crippen molar-refractivity contribution in [1.82, 2.24) is 10.3 Å². The molecule has 0 saturated heterocycles. The largest absolute Gasteiger partial charge is 0.340 e. The molecule has 102 valence electrons. The van der Waals surface area contributed by atoms with Gasteiger partial charge in [0, 0.05) is 5.56 Å². The van der Waals surface area contributed by atoms with Gasteiger partial charge in [-0.2, -0.15) is 0 Å². The first-order valence-corrected chi connectivity index (χ1v) is 7.25. The van der Waals surface area contributed by atoms with Gasteiger partial charge in [-0.25, -0.2) is 4.98 Å². The summed E-state index contributed by atoms with van der Waals surface area (Å²) >= 11 is 1.39. The van der Waals surface area contributed by atoms with E-state index in [0.29, 0.717) is 4.88 Å². The zero-order chi connectivity index (χ0) is 14.5. The molecule has 4 heteroatoms. The van der Waals surface area contributed by atoms with Crippen LogP contribution in [0.5, 0.6) is 0 Å². The van der Waals surface area contributed by atoms with E-state index in [9.17, 15) is 4.79 Å². The number of hydrogen-bond donors (Lipinski definition) is 1. The van der Waals surface area contributed by atoms with Crippen LogP contribution in [-0.4, -0.2) is 17.4 Å². The molecule has 20 heavy (non-hydrogen) atoms. The van der Waals surface area contributed by atoms with Gasteiger partial charge in [-0.15, -0.1) is 17.8 Å². The van der Waals surface area contributed by atoms with Gasteiger partial charge in [0.2, 0.25) is 0 Å². The minimum atomic E-state index is -0.158. The molecule has 1 heterocycles. The van der Waals surface area contributed by atoms with Crippen molar-refractivity contribution in [3.8, 4) is 22.9 Å². The minimum absolute atomic E-state index is 0.158. The Bertz CT molecular complexity index is 650. The van der Waals surface area contributed by atoms with Crippen molar-refractivity contribution in [3.05, 3.63) is 40.4 Å². The van der Waals surface area contributed by atoms with Crippen LogP contribution in [-0.2, 0) is 6.42 Å². The van der Waals surface area contributed by atoms with Crippen molar-refractivity contribution in [2.24, 2.45) is 0 Å². The first kappa shape index (κ1) is 14.3. The highest BCUT2D eigenvalue weighted by molar-refractivity contribution is 7.17. The molecule has 0 bridgehead atoms. The summed E-state index contributed by atoms with van der Waals surface area (Å²) in [5.74, 6) is 2.23. The fourth-order valence-electron chi connectivity index (χ4n) is 1.83. The Morgan fingerprint density at radius 1 is 1.40 bits per heavy atom.